The Kier molecular flexibility index (Phi) is 6.30. The van der Waals surface area contributed by atoms with Crippen molar-refractivity contribution >= 4 is 15.9 Å². The SMILES string of the molecule is CNC(C)c1cc(Br)ccc1OCCC(C)(C)OC. The van der Waals surface area contributed by atoms with E-state index in [1.54, 1.807) is 7.11 Å². The number of halogens is 1. The third-order valence-electron chi connectivity index (χ3n) is 3.39. The molecule has 0 aliphatic carbocycles. The van der Waals surface area contributed by atoms with Gasteiger partial charge in [-0.3, -0.25) is 0 Å². The van der Waals surface area contributed by atoms with E-state index in [4.69, 9.17) is 9.47 Å². The van der Waals surface area contributed by atoms with Gasteiger partial charge in [-0.2, -0.15) is 0 Å². The van der Waals surface area contributed by atoms with Crippen LogP contribution in [-0.2, 0) is 4.74 Å². The molecule has 1 aromatic carbocycles. The first-order valence-electron chi connectivity index (χ1n) is 6.54. The summed E-state index contributed by atoms with van der Waals surface area (Å²) in [4.78, 5) is 0. The maximum atomic E-state index is 5.91. The maximum Gasteiger partial charge on any atom is 0.124 e. The lowest BCUT2D eigenvalue weighted by molar-refractivity contribution is 0.00535. The van der Waals surface area contributed by atoms with Gasteiger partial charge in [-0.1, -0.05) is 15.9 Å². The Balaban J connectivity index is 2.72. The molecule has 1 aromatic rings. The summed E-state index contributed by atoms with van der Waals surface area (Å²) in [5, 5.41) is 3.24. The van der Waals surface area contributed by atoms with Crippen LogP contribution in [0.5, 0.6) is 5.75 Å². The molecule has 0 radical (unpaired) electrons. The van der Waals surface area contributed by atoms with Gasteiger partial charge < -0.3 is 14.8 Å². The standard InChI is InChI=1S/C15H24BrNO2/c1-11(17-4)13-10-12(16)6-7-14(13)19-9-8-15(2,3)18-5/h6-7,10-11,17H,8-9H2,1-5H3. The average Bonchev–Trinajstić information content (AvgIpc) is 2.39. The predicted octanol–water partition coefficient (Wildman–Crippen LogP) is 3.92. The second kappa shape index (κ2) is 7.27. The van der Waals surface area contributed by atoms with Crippen LogP contribution in [0, 0.1) is 0 Å². The molecule has 1 unspecified atom stereocenters. The molecule has 0 aliphatic rings. The fourth-order valence-electron chi connectivity index (χ4n) is 1.65. The zero-order valence-electron chi connectivity index (χ0n) is 12.4. The van der Waals surface area contributed by atoms with Crippen LogP contribution in [0.2, 0.25) is 0 Å². The van der Waals surface area contributed by atoms with E-state index in [0.717, 1.165) is 22.2 Å². The number of hydrogen-bond donors (Lipinski definition) is 1. The van der Waals surface area contributed by atoms with Crippen molar-refractivity contribution in [3.63, 3.8) is 0 Å². The molecule has 19 heavy (non-hydrogen) atoms. The van der Waals surface area contributed by atoms with Crippen molar-refractivity contribution < 1.29 is 9.47 Å². The lowest BCUT2D eigenvalue weighted by Gasteiger charge is -2.23. The molecule has 0 aromatic heterocycles. The predicted molar refractivity (Wildman–Crippen MR) is 82.8 cm³/mol. The summed E-state index contributed by atoms with van der Waals surface area (Å²) >= 11 is 3.50. The van der Waals surface area contributed by atoms with Crippen molar-refractivity contribution in [3.8, 4) is 5.75 Å². The largest absolute Gasteiger partial charge is 0.493 e. The molecule has 4 heteroatoms. The lowest BCUT2D eigenvalue weighted by atomic mass is 10.1. The Morgan fingerprint density at radius 1 is 1.37 bits per heavy atom. The van der Waals surface area contributed by atoms with Gasteiger partial charge in [0.1, 0.15) is 5.75 Å². The molecule has 0 heterocycles. The molecular weight excluding hydrogens is 306 g/mol. The number of nitrogens with one attached hydrogen (secondary N) is 1. The van der Waals surface area contributed by atoms with Crippen LogP contribution in [0.1, 0.15) is 38.8 Å². The van der Waals surface area contributed by atoms with Crippen molar-refractivity contribution in [2.45, 2.75) is 38.8 Å². The zero-order valence-corrected chi connectivity index (χ0v) is 14.0. The van der Waals surface area contributed by atoms with E-state index in [9.17, 15) is 0 Å². The van der Waals surface area contributed by atoms with Crippen LogP contribution in [-0.4, -0.2) is 26.4 Å². The quantitative estimate of drug-likeness (QED) is 0.822. The van der Waals surface area contributed by atoms with Crippen LogP contribution in [0.15, 0.2) is 22.7 Å². The van der Waals surface area contributed by atoms with Gasteiger partial charge in [0.15, 0.2) is 0 Å². The summed E-state index contributed by atoms with van der Waals surface area (Å²) in [5.41, 5.74) is 1.01. The Bertz CT molecular complexity index is 407. The van der Waals surface area contributed by atoms with Gasteiger partial charge in [-0.15, -0.1) is 0 Å². The van der Waals surface area contributed by atoms with Gasteiger partial charge in [-0.25, -0.2) is 0 Å². The van der Waals surface area contributed by atoms with Crippen molar-refractivity contribution in [1.29, 1.82) is 0 Å². The number of methoxy groups -OCH3 is 1. The highest BCUT2D eigenvalue weighted by molar-refractivity contribution is 9.10. The number of ether oxygens (including phenoxy) is 2. The third-order valence-corrected chi connectivity index (χ3v) is 3.88. The summed E-state index contributed by atoms with van der Waals surface area (Å²) in [6.45, 7) is 6.89. The van der Waals surface area contributed by atoms with E-state index < -0.39 is 0 Å². The maximum absolute atomic E-state index is 5.91. The zero-order chi connectivity index (χ0) is 14.5. The molecule has 108 valence electrons. The summed E-state index contributed by atoms with van der Waals surface area (Å²) in [6.07, 6.45) is 0.854. The highest BCUT2D eigenvalue weighted by atomic mass is 79.9. The van der Waals surface area contributed by atoms with Gasteiger partial charge in [-0.05, 0) is 46.0 Å². The molecule has 0 bridgehead atoms. The first-order valence-corrected chi connectivity index (χ1v) is 7.33. The minimum Gasteiger partial charge on any atom is -0.493 e. The molecule has 0 spiro atoms. The minimum atomic E-state index is -0.149. The van der Waals surface area contributed by atoms with E-state index in [1.165, 1.54) is 0 Å². The molecule has 0 saturated heterocycles. The Hall–Kier alpha value is -0.580. The van der Waals surface area contributed by atoms with Crippen LogP contribution in [0.25, 0.3) is 0 Å². The van der Waals surface area contributed by atoms with Gasteiger partial charge in [0, 0.05) is 29.6 Å². The van der Waals surface area contributed by atoms with Crippen LogP contribution < -0.4 is 10.1 Å². The highest BCUT2D eigenvalue weighted by Gasteiger charge is 2.17. The average molecular weight is 330 g/mol. The number of rotatable bonds is 7. The summed E-state index contributed by atoms with van der Waals surface area (Å²) in [6, 6.07) is 6.36. The highest BCUT2D eigenvalue weighted by Crippen LogP contribution is 2.29. The van der Waals surface area contributed by atoms with E-state index in [-0.39, 0.29) is 11.6 Å². The topological polar surface area (TPSA) is 30.5 Å². The van der Waals surface area contributed by atoms with Crippen molar-refractivity contribution in [1.82, 2.24) is 5.32 Å². The first-order chi connectivity index (χ1) is 8.89. The molecule has 0 amide bonds. The summed E-state index contributed by atoms with van der Waals surface area (Å²) in [7, 11) is 3.68. The van der Waals surface area contributed by atoms with Crippen LogP contribution in [0.3, 0.4) is 0 Å². The molecule has 1 atom stereocenters. The number of benzene rings is 1. The Morgan fingerprint density at radius 3 is 2.63 bits per heavy atom. The summed E-state index contributed by atoms with van der Waals surface area (Å²) < 4.78 is 12.4. The second-order valence-corrected chi connectivity index (χ2v) is 6.17. The normalized spacial score (nSPS) is 13.4. The molecule has 1 rings (SSSR count). The van der Waals surface area contributed by atoms with E-state index in [0.29, 0.717) is 6.61 Å². The van der Waals surface area contributed by atoms with Crippen molar-refractivity contribution in [2.75, 3.05) is 20.8 Å². The third kappa shape index (κ3) is 5.13. The number of hydrogen-bond acceptors (Lipinski definition) is 3. The molecular formula is C15H24BrNO2. The molecule has 3 nitrogen and oxygen atoms in total. The monoisotopic (exact) mass is 329 g/mol. The molecule has 0 fully saturated rings. The fourth-order valence-corrected chi connectivity index (χ4v) is 2.03. The van der Waals surface area contributed by atoms with Gasteiger partial charge in [0.05, 0.1) is 12.2 Å². The van der Waals surface area contributed by atoms with E-state index in [1.807, 2.05) is 19.2 Å². The van der Waals surface area contributed by atoms with E-state index >= 15 is 0 Å². The van der Waals surface area contributed by atoms with Crippen molar-refractivity contribution in [3.05, 3.63) is 28.2 Å². The second-order valence-electron chi connectivity index (χ2n) is 5.25. The molecule has 0 saturated carbocycles. The van der Waals surface area contributed by atoms with Gasteiger partial charge in [0.25, 0.3) is 0 Å². The Morgan fingerprint density at radius 2 is 2.05 bits per heavy atom. The van der Waals surface area contributed by atoms with Gasteiger partial charge in [0.2, 0.25) is 0 Å². The first kappa shape index (κ1) is 16.5. The smallest absolute Gasteiger partial charge is 0.124 e. The summed E-state index contributed by atoms with van der Waals surface area (Å²) in [5.74, 6) is 0.928. The van der Waals surface area contributed by atoms with Crippen LogP contribution in [0.4, 0.5) is 0 Å². The molecule has 1 N–H and O–H groups in total. The minimum absolute atomic E-state index is 0.149. The van der Waals surface area contributed by atoms with E-state index in [2.05, 4.69) is 48.1 Å². The Labute approximate surface area is 124 Å². The lowest BCUT2D eigenvalue weighted by Crippen LogP contribution is -2.25. The molecule has 0 aliphatic heterocycles. The fraction of sp³-hybridized carbons (Fsp3) is 0.600. The van der Waals surface area contributed by atoms with Gasteiger partial charge >= 0.3 is 0 Å². The van der Waals surface area contributed by atoms with Crippen LogP contribution >= 0.6 is 15.9 Å². The van der Waals surface area contributed by atoms with Crippen molar-refractivity contribution in [2.24, 2.45) is 0 Å².